The number of anilines is 1. The Morgan fingerprint density at radius 1 is 0.973 bits per heavy atom. The highest BCUT2D eigenvalue weighted by Gasteiger charge is 2.28. The normalized spacial score (nSPS) is 12.2. The van der Waals surface area contributed by atoms with E-state index < -0.39 is 0 Å². The highest BCUT2D eigenvalue weighted by atomic mass is 16.2. The zero-order valence-corrected chi connectivity index (χ0v) is 21.7. The smallest absolute Gasteiger partial charge is 0.227 e. The van der Waals surface area contributed by atoms with E-state index in [1.807, 2.05) is 65.9 Å². The SMILES string of the molecule is CC(C)NC(=O)CCCCCn1nnc2c1-c1ccccc1CN(C(=O)CCCC=O)c1ccccc1-2. The number of hydrogen-bond donors (Lipinski definition) is 1. The number of nitrogens with one attached hydrogen (secondary N) is 1. The zero-order chi connectivity index (χ0) is 26.2. The van der Waals surface area contributed by atoms with Crippen molar-refractivity contribution in [2.24, 2.45) is 0 Å². The lowest BCUT2D eigenvalue weighted by molar-refractivity contribution is -0.122. The van der Waals surface area contributed by atoms with Gasteiger partial charge >= 0.3 is 0 Å². The van der Waals surface area contributed by atoms with Crippen molar-refractivity contribution < 1.29 is 14.4 Å². The summed E-state index contributed by atoms with van der Waals surface area (Å²) in [5.74, 6) is 0.0816. The third-order valence-electron chi connectivity index (χ3n) is 6.52. The first-order valence-corrected chi connectivity index (χ1v) is 13.1. The summed E-state index contributed by atoms with van der Waals surface area (Å²) in [5, 5.41) is 12.1. The first-order valence-electron chi connectivity index (χ1n) is 13.1. The number of hydrogen-bond acceptors (Lipinski definition) is 5. The molecule has 2 amide bonds. The van der Waals surface area contributed by atoms with E-state index in [2.05, 4.69) is 21.7 Å². The monoisotopic (exact) mass is 501 g/mol. The third-order valence-corrected chi connectivity index (χ3v) is 6.52. The van der Waals surface area contributed by atoms with Crippen LogP contribution in [-0.4, -0.2) is 39.1 Å². The molecule has 0 fully saturated rings. The minimum atomic E-state index is -0.0125. The van der Waals surface area contributed by atoms with Gasteiger partial charge in [0.2, 0.25) is 11.8 Å². The van der Waals surface area contributed by atoms with Crippen molar-refractivity contribution in [2.75, 3.05) is 4.90 Å². The maximum absolute atomic E-state index is 13.3. The van der Waals surface area contributed by atoms with Gasteiger partial charge in [0.15, 0.2) is 0 Å². The summed E-state index contributed by atoms with van der Waals surface area (Å²) in [5.41, 5.74) is 5.42. The lowest BCUT2D eigenvalue weighted by atomic mass is 9.95. The number of fused-ring (bicyclic) bond motifs is 5. The molecule has 1 N–H and O–H groups in total. The van der Waals surface area contributed by atoms with Crippen LogP contribution < -0.4 is 10.2 Å². The van der Waals surface area contributed by atoms with Gasteiger partial charge in [0.1, 0.15) is 12.0 Å². The Labute approximate surface area is 218 Å². The maximum atomic E-state index is 13.3. The number of para-hydroxylation sites is 1. The quantitative estimate of drug-likeness (QED) is 0.297. The molecular formula is C29H35N5O3. The number of nitrogens with zero attached hydrogens (tertiary/aromatic N) is 4. The fraction of sp³-hybridized carbons (Fsp3) is 0.414. The molecule has 8 nitrogen and oxygen atoms in total. The molecule has 0 aliphatic carbocycles. The van der Waals surface area contributed by atoms with Gasteiger partial charge < -0.3 is 15.0 Å². The van der Waals surface area contributed by atoms with Crippen molar-refractivity contribution >= 4 is 23.8 Å². The second-order valence-corrected chi connectivity index (χ2v) is 9.76. The first kappa shape index (κ1) is 26.3. The molecule has 8 heteroatoms. The molecule has 0 bridgehead atoms. The van der Waals surface area contributed by atoms with Crippen molar-refractivity contribution in [1.29, 1.82) is 0 Å². The van der Waals surface area contributed by atoms with Crippen molar-refractivity contribution in [3.8, 4) is 22.5 Å². The Balaban J connectivity index is 1.61. The van der Waals surface area contributed by atoms with Crippen molar-refractivity contribution in [3.63, 3.8) is 0 Å². The van der Waals surface area contributed by atoms with Crippen LogP contribution in [0.3, 0.4) is 0 Å². The van der Waals surface area contributed by atoms with Crippen LogP contribution in [0, 0.1) is 0 Å². The van der Waals surface area contributed by atoms with E-state index in [-0.39, 0.29) is 17.9 Å². The van der Waals surface area contributed by atoms with E-state index in [4.69, 9.17) is 0 Å². The number of aldehydes is 1. The predicted octanol–water partition coefficient (Wildman–Crippen LogP) is 4.91. The molecule has 0 atom stereocenters. The number of rotatable bonds is 11. The van der Waals surface area contributed by atoms with E-state index in [9.17, 15) is 14.4 Å². The molecule has 3 aromatic rings. The molecule has 0 saturated heterocycles. The maximum Gasteiger partial charge on any atom is 0.227 e. The lowest BCUT2D eigenvalue weighted by Gasteiger charge is -2.28. The molecular weight excluding hydrogens is 466 g/mol. The van der Waals surface area contributed by atoms with Crippen molar-refractivity contribution in [3.05, 3.63) is 54.1 Å². The number of carbonyl (C=O) groups excluding carboxylic acids is 3. The molecule has 1 aliphatic heterocycles. The van der Waals surface area contributed by atoms with E-state index in [1.165, 1.54) is 0 Å². The minimum Gasteiger partial charge on any atom is -0.354 e. The Morgan fingerprint density at radius 3 is 2.51 bits per heavy atom. The van der Waals surface area contributed by atoms with Gasteiger partial charge in [-0.2, -0.15) is 0 Å². The number of benzene rings is 2. The standard InChI is InChI=1S/C29H35N5O3/c1-21(2)30-26(36)16-4-3-10-18-34-29-23-13-6-5-12-22(23)20-33(27(37)17-9-11-19-35)25-15-8-7-14-24(25)28(29)31-32-34/h5-8,12-15,19,21H,3-4,9-11,16-18,20H2,1-2H3,(H,30,36). The predicted molar refractivity (Wildman–Crippen MR) is 144 cm³/mol. The van der Waals surface area contributed by atoms with Gasteiger partial charge in [-0.3, -0.25) is 9.59 Å². The van der Waals surface area contributed by atoms with E-state index >= 15 is 0 Å². The Hall–Kier alpha value is -3.81. The van der Waals surface area contributed by atoms with Gasteiger partial charge in [-0.15, -0.1) is 5.10 Å². The van der Waals surface area contributed by atoms with Crippen molar-refractivity contribution in [2.45, 2.75) is 77.9 Å². The molecule has 2 aromatic carbocycles. The van der Waals surface area contributed by atoms with Gasteiger partial charge in [-0.1, -0.05) is 54.1 Å². The van der Waals surface area contributed by atoms with Crippen molar-refractivity contribution in [1.82, 2.24) is 20.3 Å². The lowest BCUT2D eigenvalue weighted by Crippen LogP contribution is -2.31. The van der Waals surface area contributed by atoms with Gasteiger partial charge in [-0.25, -0.2) is 4.68 Å². The summed E-state index contributed by atoms with van der Waals surface area (Å²) in [4.78, 5) is 37.8. The van der Waals surface area contributed by atoms with E-state index in [0.29, 0.717) is 38.8 Å². The van der Waals surface area contributed by atoms with Crippen LogP contribution in [0.5, 0.6) is 0 Å². The first-order chi connectivity index (χ1) is 18.0. The second kappa shape index (κ2) is 12.4. The van der Waals surface area contributed by atoms with Crippen LogP contribution in [-0.2, 0) is 27.5 Å². The van der Waals surface area contributed by atoms with Crippen LogP contribution in [0.1, 0.15) is 64.4 Å². The highest BCUT2D eigenvalue weighted by molar-refractivity contribution is 6.00. The molecule has 194 valence electrons. The summed E-state index contributed by atoms with van der Waals surface area (Å²) in [7, 11) is 0. The number of unbranched alkanes of at least 4 members (excludes halogenated alkanes) is 3. The molecule has 1 aromatic heterocycles. The van der Waals surface area contributed by atoms with Crippen LogP contribution in [0.4, 0.5) is 5.69 Å². The highest BCUT2D eigenvalue weighted by Crippen LogP contribution is 2.41. The van der Waals surface area contributed by atoms with Gasteiger partial charge in [0.05, 0.1) is 17.9 Å². The molecule has 1 aliphatic rings. The Bertz CT molecular complexity index is 1250. The number of aryl methyl sites for hydroxylation is 1. The molecule has 0 unspecified atom stereocenters. The van der Waals surface area contributed by atoms with Gasteiger partial charge in [-0.05, 0) is 44.7 Å². The Kier molecular flexibility index (Phi) is 8.82. The van der Waals surface area contributed by atoms with E-state index in [0.717, 1.165) is 59.3 Å². The summed E-state index contributed by atoms with van der Waals surface area (Å²) in [6.45, 7) is 5.06. The fourth-order valence-corrected chi connectivity index (χ4v) is 4.78. The zero-order valence-electron chi connectivity index (χ0n) is 21.7. The number of aromatic nitrogens is 3. The summed E-state index contributed by atoms with van der Waals surface area (Å²) in [6.07, 6.45) is 5.23. The number of carbonyl (C=O) groups is 3. The number of amides is 2. The fourth-order valence-electron chi connectivity index (χ4n) is 4.78. The average Bonchev–Trinajstić information content (AvgIpc) is 3.29. The largest absolute Gasteiger partial charge is 0.354 e. The molecule has 2 heterocycles. The van der Waals surface area contributed by atoms with Gasteiger partial charge in [0.25, 0.3) is 0 Å². The molecule has 4 rings (SSSR count). The van der Waals surface area contributed by atoms with Crippen LogP contribution >= 0.6 is 0 Å². The van der Waals surface area contributed by atoms with E-state index in [1.54, 1.807) is 0 Å². The summed E-state index contributed by atoms with van der Waals surface area (Å²) in [6, 6.07) is 16.1. The van der Waals surface area contributed by atoms with Gasteiger partial charge in [0, 0.05) is 43.0 Å². The average molecular weight is 502 g/mol. The third kappa shape index (κ3) is 6.31. The summed E-state index contributed by atoms with van der Waals surface area (Å²) >= 11 is 0. The topological polar surface area (TPSA) is 97.2 Å². The van der Waals surface area contributed by atoms with Crippen LogP contribution in [0.25, 0.3) is 22.5 Å². The second-order valence-electron chi connectivity index (χ2n) is 9.76. The van der Waals surface area contributed by atoms with Crippen LogP contribution in [0.15, 0.2) is 48.5 Å². The Morgan fingerprint density at radius 2 is 1.73 bits per heavy atom. The minimum absolute atomic E-state index is 0.0125. The molecule has 0 saturated carbocycles. The molecule has 0 spiro atoms. The molecule has 0 radical (unpaired) electrons. The molecule has 37 heavy (non-hydrogen) atoms. The van der Waals surface area contributed by atoms with Crippen LogP contribution in [0.2, 0.25) is 0 Å². The summed E-state index contributed by atoms with van der Waals surface area (Å²) < 4.78 is 1.96.